The molecule has 0 atom stereocenters. The Kier molecular flexibility index (Phi) is 3.52. The first-order valence-corrected chi connectivity index (χ1v) is 5.96. The van der Waals surface area contributed by atoms with Gasteiger partial charge in [0.25, 0.3) is 5.91 Å². The number of hydrogen-bond donors (Lipinski definition) is 2. The molecule has 2 N–H and O–H groups in total. The standard InChI is InChI=1S/C13H18N2O2/c1-9(2)8-15-13(16)10-3-4-12-11(7-10)14-5-6-17-12/h3-4,7,9,14H,5-6,8H2,1-2H3,(H,15,16). The van der Waals surface area contributed by atoms with Crippen LogP contribution in [0.15, 0.2) is 18.2 Å². The van der Waals surface area contributed by atoms with Gasteiger partial charge in [0, 0.05) is 18.7 Å². The summed E-state index contributed by atoms with van der Waals surface area (Å²) in [4.78, 5) is 11.9. The van der Waals surface area contributed by atoms with Crippen molar-refractivity contribution < 1.29 is 9.53 Å². The van der Waals surface area contributed by atoms with Gasteiger partial charge in [-0.2, -0.15) is 0 Å². The maximum Gasteiger partial charge on any atom is 0.251 e. The Bertz CT molecular complexity index is 416. The van der Waals surface area contributed by atoms with Gasteiger partial charge in [-0.3, -0.25) is 4.79 Å². The number of hydrogen-bond acceptors (Lipinski definition) is 3. The second-order valence-corrected chi connectivity index (χ2v) is 4.59. The first kappa shape index (κ1) is 11.8. The van der Waals surface area contributed by atoms with E-state index in [0.29, 0.717) is 24.6 Å². The minimum absolute atomic E-state index is 0.0335. The predicted molar refractivity (Wildman–Crippen MR) is 67.6 cm³/mol. The first-order valence-electron chi connectivity index (χ1n) is 5.96. The van der Waals surface area contributed by atoms with Crippen LogP contribution in [-0.2, 0) is 0 Å². The van der Waals surface area contributed by atoms with Crippen molar-refractivity contribution in [3.05, 3.63) is 23.8 Å². The summed E-state index contributed by atoms with van der Waals surface area (Å²) < 4.78 is 5.46. The number of carbonyl (C=O) groups excluding carboxylic acids is 1. The van der Waals surface area contributed by atoms with E-state index in [1.54, 1.807) is 6.07 Å². The van der Waals surface area contributed by atoms with Gasteiger partial charge in [-0.1, -0.05) is 13.8 Å². The summed E-state index contributed by atoms with van der Waals surface area (Å²) in [6, 6.07) is 5.47. The van der Waals surface area contributed by atoms with E-state index in [9.17, 15) is 4.79 Å². The number of amides is 1. The number of nitrogens with one attached hydrogen (secondary N) is 2. The molecule has 0 aliphatic carbocycles. The maximum absolute atomic E-state index is 11.9. The molecule has 0 unspecified atom stereocenters. The van der Waals surface area contributed by atoms with Gasteiger partial charge in [0.2, 0.25) is 0 Å². The van der Waals surface area contributed by atoms with Gasteiger partial charge in [0.1, 0.15) is 12.4 Å². The number of carbonyl (C=O) groups is 1. The zero-order chi connectivity index (χ0) is 12.3. The molecular weight excluding hydrogens is 216 g/mol. The lowest BCUT2D eigenvalue weighted by molar-refractivity contribution is 0.0949. The molecular formula is C13H18N2O2. The molecule has 4 heteroatoms. The lowest BCUT2D eigenvalue weighted by Crippen LogP contribution is -2.27. The Labute approximate surface area is 101 Å². The third kappa shape index (κ3) is 2.90. The average Bonchev–Trinajstić information content (AvgIpc) is 2.35. The molecule has 1 aliphatic rings. The van der Waals surface area contributed by atoms with Gasteiger partial charge >= 0.3 is 0 Å². The Morgan fingerprint density at radius 2 is 2.35 bits per heavy atom. The number of ether oxygens (including phenoxy) is 1. The molecule has 92 valence electrons. The Balaban J connectivity index is 2.08. The minimum atomic E-state index is -0.0335. The van der Waals surface area contributed by atoms with Crippen LogP contribution in [-0.4, -0.2) is 25.6 Å². The summed E-state index contributed by atoms with van der Waals surface area (Å²) in [6.07, 6.45) is 0. The normalized spacial score (nSPS) is 13.6. The van der Waals surface area contributed by atoms with Crippen molar-refractivity contribution in [3.8, 4) is 5.75 Å². The quantitative estimate of drug-likeness (QED) is 0.839. The van der Waals surface area contributed by atoms with E-state index in [1.807, 2.05) is 12.1 Å². The number of fused-ring (bicyclic) bond motifs is 1. The largest absolute Gasteiger partial charge is 0.490 e. The van der Waals surface area contributed by atoms with E-state index in [2.05, 4.69) is 24.5 Å². The highest BCUT2D eigenvalue weighted by molar-refractivity contribution is 5.95. The van der Waals surface area contributed by atoms with Crippen molar-refractivity contribution in [2.24, 2.45) is 5.92 Å². The fourth-order valence-electron chi connectivity index (χ4n) is 1.68. The van der Waals surface area contributed by atoms with E-state index in [-0.39, 0.29) is 5.91 Å². The second-order valence-electron chi connectivity index (χ2n) is 4.59. The van der Waals surface area contributed by atoms with E-state index < -0.39 is 0 Å². The van der Waals surface area contributed by atoms with Crippen LogP contribution >= 0.6 is 0 Å². The summed E-state index contributed by atoms with van der Waals surface area (Å²) >= 11 is 0. The maximum atomic E-state index is 11.9. The summed E-state index contributed by atoms with van der Waals surface area (Å²) in [6.45, 7) is 6.29. The number of rotatable bonds is 3. The Hall–Kier alpha value is -1.71. The first-order chi connectivity index (χ1) is 8.16. The average molecular weight is 234 g/mol. The number of benzene rings is 1. The lowest BCUT2D eigenvalue weighted by atomic mass is 10.1. The monoisotopic (exact) mass is 234 g/mol. The highest BCUT2D eigenvalue weighted by Gasteiger charge is 2.13. The minimum Gasteiger partial charge on any atom is -0.490 e. The van der Waals surface area contributed by atoms with Gasteiger partial charge in [-0.15, -0.1) is 0 Å². The van der Waals surface area contributed by atoms with Crippen LogP contribution in [0.5, 0.6) is 5.75 Å². The van der Waals surface area contributed by atoms with Crippen LogP contribution in [0.4, 0.5) is 5.69 Å². The van der Waals surface area contributed by atoms with Crippen molar-refractivity contribution in [1.29, 1.82) is 0 Å². The highest BCUT2D eigenvalue weighted by Crippen LogP contribution is 2.27. The van der Waals surface area contributed by atoms with Crippen LogP contribution in [0.2, 0.25) is 0 Å². The zero-order valence-corrected chi connectivity index (χ0v) is 10.2. The smallest absolute Gasteiger partial charge is 0.251 e. The molecule has 2 rings (SSSR count). The second kappa shape index (κ2) is 5.08. The molecule has 0 radical (unpaired) electrons. The summed E-state index contributed by atoms with van der Waals surface area (Å²) in [5, 5.41) is 6.12. The van der Waals surface area contributed by atoms with E-state index >= 15 is 0 Å². The van der Waals surface area contributed by atoms with Gasteiger partial charge in [0.05, 0.1) is 5.69 Å². The van der Waals surface area contributed by atoms with Gasteiger partial charge in [-0.05, 0) is 24.1 Å². The molecule has 0 aromatic heterocycles. The lowest BCUT2D eigenvalue weighted by Gasteiger charge is -2.19. The molecule has 0 saturated carbocycles. The third-order valence-corrected chi connectivity index (χ3v) is 2.59. The van der Waals surface area contributed by atoms with Crippen LogP contribution in [0, 0.1) is 5.92 Å². The van der Waals surface area contributed by atoms with Crippen molar-refractivity contribution >= 4 is 11.6 Å². The summed E-state index contributed by atoms with van der Waals surface area (Å²) in [5.41, 5.74) is 1.57. The third-order valence-electron chi connectivity index (χ3n) is 2.59. The van der Waals surface area contributed by atoms with Crippen molar-refractivity contribution in [2.75, 3.05) is 25.0 Å². The summed E-state index contributed by atoms with van der Waals surface area (Å²) in [7, 11) is 0. The Morgan fingerprint density at radius 3 is 3.12 bits per heavy atom. The molecule has 1 aromatic carbocycles. The van der Waals surface area contributed by atoms with Crippen molar-refractivity contribution in [2.45, 2.75) is 13.8 Å². The zero-order valence-electron chi connectivity index (χ0n) is 10.2. The van der Waals surface area contributed by atoms with Crippen LogP contribution in [0.25, 0.3) is 0 Å². The fourth-order valence-corrected chi connectivity index (χ4v) is 1.68. The molecule has 1 heterocycles. The van der Waals surface area contributed by atoms with E-state index in [4.69, 9.17) is 4.74 Å². The predicted octanol–water partition coefficient (Wildman–Crippen LogP) is 1.88. The molecule has 0 fully saturated rings. The molecule has 1 aliphatic heterocycles. The molecule has 1 amide bonds. The Morgan fingerprint density at radius 1 is 1.53 bits per heavy atom. The topological polar surface area (TPSA) is 50.4 Å². The van der Waals surface area contributed by atoms with E-state index in [1.165, 1.54) is 0 Å². The van der Waals surface area contributed by atoms with Gasteiger partial charge < -0.3 is 15.4 Å². The summed E-state index contributed by atoms with van der Waals surface area (Å²) in [5.74, 6) is 1.24. The molecule has 0 bridgehead atoms. The molecule has 0 saturated heterocycles. The molecule has 1 aromatic rings. The SMILES string of the molecule is CC(C)CNC(=O)c1ccc2c(c1)NCCO2. The fraction of sp³-hybridized carbons (Fsp3) is 0.462. The van der Waals surface area contributed by atoms with Crippen LogP contribution in [0.1, 0.15) is 24.2 Å². The molecule has 0 spiro atoms. The van der Waals surface area contributed by atoms with Crippen LogP contribution < -0.4 is 15.4 Å². The van der Waals surface area contributed by atoms with Gasteiger partial charge in [-0.25, -0.2) is 0 Å². The van der Waals surface area contributed by atoms with Crippen molar-refractivity contribution in [3.63, 3.8) is 0 Å². The van der Waals surface area contributed by atoms with Gasteiger partial charge in [0.15, 0.2) is 0 Å². The van der Waals surface area contributed by atoms with E-state index in [0.717, 1.165) is 18.0 Å². The van der Waals surface area contributed by atoms with Crippen molar-refractivity contribution in [1.82, 2.24) is 5.32 Å². The highest BCUT2D eigenvalue weighted by atomic mass is 16.5. The van der Waals surface area contributed by atoms with Crippen LogP contribution in [0.3, 0.4) is 0 Å². The molecule has 4 nitrogen and oxygen atoms in total. The molecule has 17 heavy (non-hydrogen) atoms. The number of anilines is 1.